The summed E-state index contributed by atoms with van der Waals surface area (Å²) in [6.07, 6.45) is 5.00. The van der Waals surface area contributed by atoms with Crippen LogP contribution in [0.2, 0.25) is 0 Å². The monoisotopic (exact) mass is 617 g/mol. The number of aromatic nitrogens is 3. The zero-order chi connectivity index (χ0) is 32.7. The van der Waals surface area contributed by atoms with E-state index in [1.54, 1.807) is 12.4 Å². The molecule has 240 valence electrons. The molecule has 12 heteroatoms. The van der Waals surface area contributed by atoms with Crippen molar-refractivity contribution in [2.45, 2.75) is 79.1 Å². The van der Waals surface area contributed by atoms with Crippen LogP contribution in [0.4, 0.5) is 22.2 Å². The lowest BCUT2D eigenvalue weighted by molar-refractivity contribution is -0.120. The Hall–Kier alpha value is -4.42. The topological polar surface area (TPSA) is 148 Å². The van der Waals surface area contributed by atoms with Crippen molar-refractivity contribution in [1.82, 2.24) is 19.9 Å². The highest BCUT2D eigenvalue weighted by Gasteiger charge is 2.19. The summed E-state index contributed by atoms with van der Waals surface area (Å²) < 4.78 is 10.1. The third-order valence-corrected chi connectivity index (χ3v) is 7.40. The second-order valence-corrected chi connectivity index (χ2v) is 12.3. The number of likely N-dealkylation sites (N-methyl/N-ethyl adjacent to an activating group) is 1. The van der Waals surface area contributed by atoms with Crippen LogP contribution < -0.4 is 16.0 Å². The third kappa shape index (κ3) is 9.29. The molecule has 3 aromatic rings. The maximum Gasteiger partial charge on any atom is 0.413 e. The summed E-state index contributed by atoms with van der Waals surface area (Å²) in [6.45, 7) is 14.8. The predicted octanol–water partition coefficient (Wildman–Crippen LogP) is 5.53. The van der Waals surface area contributed by atoms with E-state index < -0.39 is 6.09 Å². The van der Waals surface area contributed by atoms with Gasteiger partial charge < -0.3 is 20.1 Å². The van der Waals surface area contributed by atoms with Crippen LogP contribution in [0.1, 0.15) is 92.7 Å². The number of ether oxygens (including phenoxy) is 2. The van der Waals surface area contributed by atoms with Crippen molar-refractivity contribution < 1.29 is 23.9 Å². The second-order valence-electron chi connectivity index (χ2n) is 12.3. The van der Waals surface area contributed by atoms with Crippen LogP contribution in [0.15, 0.2) is 36.8 Å². The van der Waals surface area contributed by atoms with Crippen LogP contribution >= 0.6 is 0 Å². The van der Waals surface area contributed by atoms with Crippen molar-refractivity contribution >= 4 is 35.4 Å². The van der Waals surface area contributed by atoms with E-state index in [2.05, 4.69) is 78.5 Å². The number of amides is 3. The van der Waals surface area contributed by atoms with E-state index >= 15 is 0 Å². The average Bonchev–Trinajstić information content (AvgIpc) is 3.26. The molecule has 3 aliphatic heterocycles. The number of hydrogen-bond acceptors (Lipinski definition) is 9. The lowest BCUT2D eigenvalue weighted by Gasteiger charge is -2.17. The SMILES string of the molecule is CC(C)c1cnc2c(c1)CN(C)CC(=O)N2.CC(C)c1cnc2c(c1)COC(=O)N2.CC(C)c1cnc2c(c1)COCC(=O)N2. The molecule has 3 N–H and O–H groups in total. The smallest absolute Gasteiger partial charge is 0.413 e. The summed E-state index contributed by atoms with van der Waals surface area (Å²) in [5.74, 6) is 3.14. The standard InChI is InChI=1S/C12H17N3O.C11H14N2O2.C10H12N2O2/c1-8(2)9-4-10-6-15(3)7-11(16)14-12(10)13-5-9;1-7(2)8-3-9-5-15-6-10(14)13-11(9)12-4-8;1-6(2)7-3-8-5-14-10(13)12-9(8)11-4-7/h4-5,8H,6-7H2,1-3H3,(H,13,14,16);3-4,7H,5-6H2,1-2H3,(H,12,13,14);3-4,6H,5H2,1-2H3,(H,11,12,13). The molecule has 0 fully saturated rings. The molecular formula is C33H43N7O5. The molecule has 3 aromatic heterocycles. The van der Waals surface area contributed by atoms with Gasteiger partial charge in [0, 0.05) is 41.8 Å². The zero-order valence-electron chi connectivity index (χ0n) is 27.1. The molecule has 0 unspecified atom stereocenters. The number of fused-ring (bicyclic) bond motifs is 3. The normalized spacial score (nSPS) is 15.8. The van der Waals surface area contributed by atoms with Crippen LogP contribution in [-0.4, -0.2) is 58.0 Å². The molecule has 6 rings (SSSR count). The molecule has 3 amide bonds. The highest BCUT2D eigenvalue weighted by molar-refractivity contribution is 5.93. The molecule has 0 saturated heterocycles. The van der Waals surface area contributed by atoms with Gasteiger partial charge in [-0.3, -0.25) is 19.8 Å². The van der Waals surface area contributed by atoms with Gasteiger partial charge >= 0.3 is 6.09 Å². The van der Waals surface area contributed by atoms with Gasteiger partial charge in [0.15, 0.2) is 0 Å². The van der Waals surface area contributed by atoms with E-state index in [1.165, 1.54) is 5.56 Å². The third-order valence-electron chi connectivity index (χ3n) is 7.40. The number of nitrogens with one attached hydrogen (secondary N) is 3. The Morgan fingerprint density at radius 3 is 1.64 bits per heavy atom. The van der Waals surface area contributed by atoms with E-state index in [1.807, 2.05) is 30.3 Å². The molecule has 0 radical (unpaired) electrons. The van der Waals surface area contributed by atoms with Gasteiger partial charge in [0.25, 0.3) is 5.91 Å². The molecule has 0 atom stereocenters. The fraction of sp³-hybridized carbons (Fsp3) is 0.455. The number of cyclic esters (lactones) is 1. The van der Waals surface area contributed by atoms with E-state index in [-0.39, 0.29) is 18.4 Å². The Bertz CT molecular complexity index is 1540. The van der Waals surface area contributed by atoms with Crippen LogP contribution in [0.5, 0.6) is 0 Å². The van der Waals surface area contributed by atoms with Crippen LogP contribution in [-0.2, 0) is 38.8 Å². The number of anilines is 3. The number of pyridine rings is 3. The number of nitrogens with zero attached hydrogens (tertiary/aromatic N) is 4. The molecule has 0 spiro atoms. The molecule has 0 saturated carbocycles. The van der Waals surface area contributed by atoms with Gasteiger partial charge in [0.05, 0.1) is 13.2 Å². The average molecular weight is 618 g/mol. The number of carbonyl (C=O) groups is 3. The van der Waals surface area contributed by atoms with E-state index in [0.29, 0.717) is 55.0 Å². The van der Waals surface area contributed by atoms with Gasteiger partial charge in [-0.15, -0.1) is 0 Å². The van der Waals surface area contributed by atoms with E-state index in [9.17, 15) is 14.4 Å². The molecule has 45 heavy (non-hydrogen) atoms. The Labute approximate surface area is 264 Å². The molecule has 0 aliphatic carbocycles. The van der Waals surface area contributed by atoms with Gasteiger partial charge in [-0.1, -0.05) is 41.5 Å². The summed E-state index contributed by atoms with van der Waals surface area (Å²) in [7, 11) is 1.94. The lowest BCUT2D eigenvalue weighted by Crippen LogP contribution is -2.26. The first-order valence-corrected chi connectivity index (χ1v) is 15.2. The van der Waals surface area contributed by atoms with Crippen molar-refractivity contribution in [3.05, 3.63) is 70.2 Å². The molecular weight excluding hydrogens is 574 g/mol. The first kappa shape index (κ1) is 33.5. The van der Waals surface area contributed by atoms with Gasteiger partial charge in [-0.2, -0.15) is 0 Å². The summed E-state index contributed by atoms with van der Waals surface area (Å²) in [5, 5.41) is 8.09. The zero-order valence-corrected chi connectivity index (χ0v) is 27.1. The molecule has 0 aromatic carbocycles. The number of hydrogen-bond donors (Lipinski definition) is 3. The van der Waals surface area contributed by atoms with Crippen molar-refractivity contribution in [3.63, 3.8) is 0 Å². The van der Waals surface area contributed by atoms with Crippen molar-refractivity contribution in [1.29, 1.82) is 0 Å². The number of carbonyl (C=O) groups excluding carboxylic acids is 3. The fourth-order valence-electron chi connectivity index (χ4n) is 4.67. The van der Waals surface area contributed by atoms with Crippen LogP contribution in [0.25, 0.3) is 0 Å². The van der Waals surface area contributed by atoms with Gasteiger partial charge in [-0.05, 0) is 59.7 Å². The Morgan fingerprint density at radius 2 is 1.09 bits per heavy atom. The minimum atomic E-state index is -0.428. The van der Waals surface area contributed by atoms with Gasteiger partial charge in [-0.25, -0.2) is 19.7 Å². The molecule has 6 heterocycles. The largest absolute Gasteiger partial charge is 0.444 e. The summed E-state index contributed by atoms with van der Waals surface area (Å²) in [5.41, 5.74) is 6.52. The first-order chi connectivity index (χ1) is 21.4. The Balaban J connectivity index is 0.000000154. The Kier molecular flexibility index (Phi) is 11.2. The van der Waals surface area contributed by atoms with Crippen molar-refractivity contribution in [3.8, 4) is 0 Å². The maximum absolute atomic E-state index is 11.5. The van der Waals surface area contributed by atoms with Crippen LogP contribution in [0, 0.1) is 0 Å². The van der Waals surface area contributed by atoms with E-state index in [0.717, 1.165) is 34.4 Å². The van der Waals surface area contributed by atoms with Gasteiger partial charge in [0.2, 0.25) is 5.91 Å². The molecule has 0 bridgehead atoms. The lowest BCUT2D eigenvalue weighted by atomic mass is 10.0. The van der Waals surface area contributed by atoms with Crippen molar-refractivity contribution in [2.75, 3.05) is 36.1 Å². The van der Waals surface area contributed by atoms with Crippen LogP contribution in [0.3, 0.4) is 0 Å². The number of rotatable bonds is 3. The molecule has 3 aliphatic rings. The minimum absolute atomic E-state index is 0.00560. The highest BCUT2D eigenvalue weighted by atomic mass is 16.5. The second kappa shape index (κ2) is 15.0. The summed E-state index contributed by atoms with van der Waals surface area (Å²) in [6, 6.07) is 6.19. The minimum Gasteiger partial charge on any atom is -0.444 e. The van der Waals surface area contributed by atoms with E-state index in [4.69, 9.17) is 9.47 Å². The van der Waals surface area contributed by atoms with Gasteiger partial charge in [0.1, 0.15) is 30.7 Å². The summed E-state index contributed by atoms with van der Waals surface area (Å²) in [4.78, 5) is 48.3. The van der Waals surface area contributed by atoms with Crippen molar-refractivity contribution in [2.24, 2.45) is 0 Å². The molecule has 12 nitrogen and oxygen atoms in total. The maximum atomic E-state index is 11.5. The predicted molar refractivity (Wildman–Crippen MR) is 172 cm³/mol. The Morgan fingerprint density at radius 1 is 0.622 bits per heavy atom. The fourth-order valence-corrected chi connectivity index (χ4v) is 4.67. The quantitative estimate of drug-likeness (QED) is 0.345. The summed E-state index contributed by atoms with van der Waals surface area (Å²) >= 11 is 0. The highest BCUT2D eigenvalue weighted by Crippen LogP contribution is 2.25. The first-order valence-electron chi connectivity index (χ1n) is 15.2.